The molecule has 3 N–H and O–H groups in total. The number of thiazole rings is 1. The van der Waals surface area contributed by atoms with Crippen molar-refractivity contribution in [3.63, 3.8) is 0 Å². The van der Waals surface area contributed by atoms with Gasteiger partial charge in [0.15, 0.2) is 0 Å². The van der Waals surface area contributed by atoms with Crippen LogP contribution in [-0.4, -0.2) is 17.4 Å². The predicted molar refractivity (Wildman–Crippen MR) is 83.1 cm³/mol. The average Bonchev–Trinajstić information content (AvgIpc) is 2.83. The monoisotopic (exact) mass is 289 g/mol. The largest absolute Gasteiger partial charge is 0.398 e. The van der Waals surface area contributed by atoms with Crippen LogP contribution in [0.2, 0.25) is 0 Å². The highest BCUT2D eigenvalue weighted by Crippen LogP contribution is 2.14. The first-order valence-electron chi connectivity index (χ1n) is 6.61. The Bertz CT molecular complexity index is 607. The minimum Gasteiger partial charge on any atom is -0.398 e. The van der Waals surface area contributed by atoms with Crippen molar-refractivity contribution in [2.75, 3.05) is 12.3 Å². The predicted octanol–water partition coefficient (Wildman–Crippen LogP) is 2.70. The van der Waals surface area contributed by atoms with Crippen LogP contribution in [0, 0.1) is 13.8 Å². The second-order valence-electron chi connectivity index (χ2n) is 4.79. The molecule has 0 aliphatic heterocycles. The fourth-order valence-electron chi connectivity index (χ4n) is 1.90. The smallest absolute Gasteiger partial charge is 0.251 e. The first-order valence-corrected chi connectivity index (χ1v) is 7.49. The van der Waals surface area contributed by atoms with Crippen LogP contribution < -0.4 is 11.1 Å². The molecule has 0 radical (unpaired) electrons. The van der Waals surface area contributed by atoms with Gasteiger partial charge in [-0.1, -0.05) is 6.07 Å². The summed E-state index contributed by atoms with van der Waals surface area (Å²) in [4.78, 5) is 17.5. The summed E-state index contributed by atoms with van der Waals surface area (Å²) < 4.78 is 0. The van der Waals surface area contributed by atoms with Crippen molar-refractivity contribution >= 4 is 22.9 Å². The Balaban J connectivity index is 1.80. The van der Waals surface area contributed by atoms with Gasteiger partial charge in [0.25, 0.3) is 5.91 Å². The molecule has 0 atom stereocenters. The number of hydrogen-bond donors (Lipinski definition) is 2. The number of nitrogens with two attached hydrogens (primary N) is 1. The van der Waals surface area contributed by atoms with E-state index in [4.69, 9.17) is 5.73 Å². The molecule has 1 aromatic heterocycles. The molecular formula is C15H19N3OS. The highest BCUT2D eigenvalue weighted by Gasteiger charge is 2.07. The number of amides is 1. The first-order chi connectivity index (χ1) is 9.58. The third kappa shape index (κ3) is 3.57. The summed E-state index contributed by atoms with van der Waals surface area (Å²) in [6.45, 7) is 4.60. The molecule has 2 rings (SSSR count). The van der Waals surface area contributed by atoms with Crippen LogP contribution in [0.3, 0.4) is 0 Å². The van der Waals surface area contributed by atoms with Crippen LogP contribution in [0.15, 0.2) is 23.7 Å². The molecule has 1 aromatic carbocycles. The molecular weight excluding hydrogens is 270 g/mol. The number of benzene rings is 1. The third-order valence-electron chi connectivity index (χ3n) is 3.25. The van der Waals surface area contributed by atoms with Crippen molar-refractivity contribution in [1.82, 2.24) is 10.3 Å². The van der Waals surface area contributed by atoms with E-state index in [9.17, 15) is 4.79 Å². The number of carbonyl (C=O) groups excluding carboxylic acids is 1. The lowest BCUT2D eigenvalue weighted by atomic mass is 10.1. The Labute approximate surface area is 123 Å². The van der Waals surface area contributed by atoms with Gasteiger partial charge in [0.2, 0.25) is 0 Å². The number of anilines is 1. The van der Waals surface area contributed by atoms with Gasteiger partial charge < -0.3 is 11.1 Å². The molecule has 1 amide bonds. The summed E-state index contributed by atoms with van der Waals surface area (Å²) in [6.07, 6.45) is 1.86. The second kappa shape index (κ2) is 6.52. The van der Waals surface area contributed by atoms with Gasteiger partial charge in [0, 0.05) is 22.7 Å². The van der Waals surface area contributed by atoms with E-state index < -0.39 is 0 Å². The molecule has 0 aliphatic carbocycles. The molecule has 4 nitrogen and oxygen atoms in total. The first kappa shape index (κ1) is 14.5. The zero-order chi connectivity index (χ0) is 14.5. The molecule has 0 saturated carbocycles. The van der Waals surface area contributed by atoms with Crippen molar-refractivity contribution in [1.29, 1.82) is 0 Å². The summed E-state index contributed by atoms with van der Waals surface area (Å²) in [6, 6.07) is 5.39. The summed E-state index contributed by atoms with van der Waals surface area (Å²) in [5.74, 6) is -0.0715. The van der Waals surface area contributed by atoms with E-state index in [1.54, 1.807) is 23.5 Å². The van der Waals surface area contributed by atoms with Crippen LogP contribution in [0.5, 0.6) is 0 Å². The molecule has 20 heavy (non-hydrogen) atoms. The quantitative estimate of drug-likeness (QED) is 0.657. The summed E-state index contributed by atoms with van der Waals surface area (Å²) in [5, 5.41) is 2.92. The highest BCUT2D eigenvalue weighted by atomic mass is 32.1. The van der Waals surface area contributed by atoms with Crippen LogP contribution in [0.1, 0.15) is 32.9 Å². The Morgan fingerprint density at radius 3 is 2.85 bits per heavy atom. The minimum absolute atomic E-state index is 0.0715. The van der Waals surface area contributed by atoms with Gasteiger partial charge in [0.1, 0.15) is 0 Å². The van der Waals surface area contributed by atoms with Gasteiger partial charge in [-0.3, -0.25) is 4.79 Å². The van der Waals surface area contributed by atoms with Crippen molar-refractivity contribution < 1.29 is 4.79 Å². The van der Waals surface area contributed by atoms with Crippen LogP contribution in [-0.2, 0) is 6.42 Å². The number of nitrogens with zero attached hydrogens (tertiary/aromatic N) is 1. The molecule has 1 heterocycles. The molecule has 106 valence electrons. The molecule has 2 aromatic rings. The van der Waals surface area contributed by atoms with E-state index in [0.717, 1.165) is 24.1 Å². The fraction of sp³-hybridized carbons (Fsp3) is 0.333. The highest BCUT2D eigenvalue weighted by molar-refractivity contribution is 7.09. The normalized spacial score (nSPS) is 10.5. The summed E-state index contributed by atoms with van der Waals surface area (Å²) in [7, 11) is 0. The standard InChI is InChI=1S/C15H19N3OS/c1-10-5-6-12(8-13(10)16)15(19)17-7-3-4-14-11(2)18-9-20-14/h5-6,8-9H,3-4,7,16H2,1-2H3,(H,17,19). The number of carbonyl (C=O) groups is 1. The second-order valence-corrected chi connectivity index (χ2v) is 5.73. The number of aromatic nitrogens is 1. The van der Waals surface area contributed by atoms with Gasteiger partial charge in [-0.15, -0.1) is 11.3 Å². The topological polar surface area (TPSA) is 68.0 Å². The van der Waals surface area contributed by atoms with Gasteiger partial charge in [-0.2, -0.15) is 0 Å². The fourth-order valence-corrected chi connectivity index (χ4v) is 2.72. The Morgan fingerprint density at radius 2 is 2.20 bits per heavy atom. The Morgan fingerprint density at radius 1 is 1.40 bits per heavy atom. The van der Waals surface area contributed by atoms with Gasteiger partial charge >= 0.3 is 0 Å². The van der Waals surface area contributed by atoms with Gasteiger partial charge in [0.05, 0.1) is 11.2 Å². The number of rotatable bonds is 5. The van der Waals surface area contributed by atoms with E-state index >= 15 is 0 Å². The SMILES string of the molecule is Cc1ccc(C(=O)NCCCc2scnc2C)cc1N. The number of aryl methyl sites for hydroxylation is 3. The maximum atomic E-state index is 12.0. The molecule has 0 spiro atoms. The van der Waals surface area contributed by atoms with Crippen molar-refractivity contribution in [3.8, 4) is 0 Å². The lowest BCUT2D eigenvalue weighted by Gasteiger charge is -2.07. The van der Waals surface area contributed by atoms with Crippen molar-refractivity contribution in [2.24, 2.45) is 0 Å². The number of nitrogens with one attached hydrogen (secondary N) is 1. The maximum absolute atomic E-state index is 12.0. The van der Waals surface area contributed by atoms with Crippen LogP contribution in [0.4, 0.5) is 5.69 Å². The Kier molecular flexibility index (Phi) is 4.74. The van der Waals surface area contributed by atoms with Gasteiger partial charge in [-0.05, 0) is 44.4 Å². The van der Waals surface area contributed by atoms with E-state index in [-0.39, 0.29) is 5.91 Å². The molecule has 0 bridgehead atoms. The molecule has 0 saturated heterocycles. The average molecular weight is 289 g/mol. The molecule has 0 unspecified atom stereocenters. The summed E-state index contributed by atoms with van der Waals surface area (Å²) >= 11 is 1.67. The molecule has 5 heteroatoms. The van der Waals surface area contributed by atoms with E-state index in [1.807, 2.05) is 25.4 Å². The maximum Gasteiger partial charge on any atom is 0.251 e. The molecule has 0 aliphatic rings. The van der Waals surface area contributed by atoms with Crippen molar-refractivity contribution in [2.45, 2.75) is 26.7 Å². The molecule has 0 fully saturated rings. The minimum atomic E-state index is -0.0715. The lowest BCUT2D eigenvalue weighted by Crippen LogP contribution is -2.24. The van der Waals surface area contributed by atoms with Crippen LogP contribution >= 0.6 is 11.3 Å². The number of nitrogen functional groups attached to an aromatic ring is 1. The number of hydrogen-bond acceptors (Lipinski definition) is 4. The zero-order valence-corrected chi connectivity index (χ0v) is 12.6. The van der Waals surface area contributed by atoms with E-state index in [1.165, 1.54) is 4.88 Å². The van der Waals surface area contributed by atoms with Crippen molar-refractivity contribution in [3.05, 3.63) is 45.4 Å². The summed E-state index contributed by atoms with van der Waals surface area (Å²) in [5.41, 5.74) is 11.0. The van der Waals surface area contributed by atoms with Gasteiger partial charge in [-0.25, -0.2) is 4.98 Å². The van der Waals surface area contributed by atoms with E-state index in [2.05, 4.69) is 10.3 Å². The third-order valence-corrected chi connectivity index (χ3v) is 4.25. The van der Waals surface area contributed by atoms with Crippen LogP contribution in [0.25, 0.3) is 0 Å². The lowest BCUT2D eigenvalue weighted by molar-refractivity contribution is 0.0953. The van der Waals surface area contributed by atoms with E-state index in [0.29, 0.717) is 17.8 Å². The zero-order valence-electron chi connectivity index (χ0n) is 11.8. The Hall–Kier alpha value is -1.88.